The molecule has 2 heterocycles. The summed E-state index contributed by atoms with van der Waals surface area (Å²) in [6.45, 7) is 42.5. The molecule has 6 aromatic rings. The predicted molar refractivity (Wildman–Crippen MR) is 375 cm³/mol. The Labute approximate surface area is 539 Å². The molecule has 0 amide bonds. The van der Waals surface area contributed by atoms with Crippen LogP contribution < -0.4 is 25.5 Å². The standard InChI is InChI=1S/C76H100BCl2N7O2/c1-48(38-73(7,8)9)24-26-56(50(3)40-75(13,14)15)46-87-59-32-28-54(29-33-59)52(5)69-70(53(6)61(42-80)68-45-84-66-36-63(78)64(79)37-67(66)85-68)71(86(77-58-22-20-19-21-23-58)72(69)62(43-81)65(83)44-82)55-30-34-60(35-31-55)88-47-57(51(4)41-76(16,17)18)27-25-49(2)39-74(10,11)12/h19-23,28-37,44-45,48-51,56-57,77,82-83H,24-27,38-41,46-47H2,1-18H3/b61-53+,69-52-,72-62-,82-44?,83-65?. The largest absolute Gasteiger partial charge is 0.493 e. The van der Waals surface area contributed by atoms with Crippen LogP contribution in [-0.4, -0.2) is 47.0 Å². The molecule has 468 valence electrons. The van der Waals surface area contributed by atoms with Crippen LogP contribution in [0.1, 0.15) is 193 Å². The number of ether oxygens (including phenoxy) is 2. The van der Waals surface area contributed by atoms with Crippen molar-refractivity contribution in [1.29, 1.82) is 21.3 Å². The van der Waals surface area contributed by atoms with Gasteiger partial charge in [-0.3, -0.25) is 10.4 Å². The second-order valence-electron chi connectivity index (χ2n) is 30.4. The van der Waals surface area contributed by atoms with Crippen LogP contribution in [0.2, 0.25) is 10.0 Å². The number of halogens is 2. The molecule has 0 saturated carbocycles. The molecule has 0 bridgehead atoms. The van der Waals surface area contributed by atoms with Crippen molar-refractivity contribution in [2.45, 2.75) is 176 Å². The van der Waals surface area contributed by atoms with Gasteiger partial charge >= 0.3 is 0 Å². The molecule has 6 atom stereocenters. The lowest BCUT2D eigenvalue weighted by Crippen LogP contribution is -2.40. The number of benzene rings is 4. The normalized spacial score (nSPS) is 15.4. The fourth-order valence-corrected chi connectivity index (χ4v) is 13.7. The van der Waals surface area contributed by atoms with Crippen LogP contribution in [0.15, 0.2) is 97.2 Å². The van der Waals surface area contributed by atoms with Gasteiger partial charge in [-0.25, -0.2) is 4.98 Å². The summed E-state index contributed by atoms with van der Waals surface area (Å²) in [7, 11) is 0.280. The van der Waals surface area contributed by atoms with E-state index in [0.29, 0.717) is 103 Å². The first-order valence-corrected chi connectivity index (χ1v) is 32.7. The number of hydrogen-bond donors (Lipinski definition) is 2. The molecule has 6 rings (SSSR count). The summed E-state index contributed by atoms with van der Waals surface area (Å²) < 4.78 is 15.7. The van der Waals surface area contributed by atoms with Crippen molar-refractivity contribution in [2.75, 3.05) is 13.2 Å². The van der Waals surface area contributed by atoms with Gasteiger partial charge in [-0.05, 0) is 180 Å². The van der Waals surface area contributed by atoms with E-state index >= 15 is 0 Å². The second kappa shape index (κ2) is 30.4. The smallest absolute Gasteiger partial charge is 0.275 e. The number of fused-ring (bicyclic) bond motifs is 1. The van der Waals surface area contributed by atoms with E-state index in [4.69, 9.17) is 48.1 Å². The maximum absolute atomic E-state index is 11.5. The van der Waals surface area contributed by atoms with Crippen LogP contribution in [0.3, 0.4) is 0 Å². The van der Waals surface area contributed by atoms with Crippen LogP contribution in [0.4, 0.5) is 0 Å². The zero-order valence-corrected chi connectivity index (χ0v) is 57.9. The van der Waals surface area contributed by atoms with Gasteiger partial charge in [0.05, 0.1) is 57.1 Å². The van der Waals surface area contributed by atoms with E-state index in [0.717, 1.165) is 78.4 Å². The maximum atomic E-state index is 11.5. The highest BCUT2D eigenvalue weighted by Gasteiger charge is 2.30. The summed E-state index contributed by atoms with van der Waals surface area (Å²) in [4.78, 5) is 9.72. The third-order valence-electron chi connectivity index (χ3n) is 17.1. The van der Waals surface area contributed by atoms with Crippen LogP contribution in [-0.2, 0) is 0 Å². The minimum atomic E-state index is -0.252. The first-order chi connectivity index (χ1) is 41.2. The van der Waals surface area contributed by atoms with Crippen molar-refractivity contribution in [3.63, 3.8) is 0 Å². The number of rotatable bonds is 26. The molecule has 0 fully saturated rings. The highest BCUT2D eigenvalue weighted by molar-refractivity contribution is 6.53. The van der Waals surface area contributed by atoms with E-state index in [1.54, 1.807) is 18.3 Å². The Morgan fingerprint density at radius 2 is 1.12 bits per heavy atom. The molecule has 9 nitrogen and oxygen atoms in total. The van der Waals surface area contributed by atoms with E-state index < -0.39 is 0 Å². The van der Waals surface area contributed by atoms with Gasteiger partial charge in [0.2, 0.25) is 0 Å². The fraction of sp³-hybridized carbons (Fsp3) is 0.500. The molecular formula is C76H100BCl2N7O2. The Kier molecular flexibility index (Phi) is 24.4. The van der Waals surface area contributed by atoms with Gasteiger partial charge in [0, 0.05) is 22.7 Å². The monoisotopic (exact) mass is 1220 g/mol. The lowest BCUT2D eigenvalue weighted by molar-refractivity contribution is 0.147. The Hall–Kier alpha value is -6.46. The molecule has 2 aromatic heterocycles. The van der Waals surface area contributed by atoms with Crippen LogP contribution >= 0.6 is 23.2 Å². The van der Waals surface area contributed by atoms with Crippen molar-refractivity contribution in [2.24, 2.45) is 57.2 Å². The third kappa shape index (κ3) is 20.0. The number of nitrogens with one attached hydrogen (secondary N) is 2. The lowest BCUT2D eigenvalue weighted by atomic mass is 9.76. The van der Waals surface area contributed by atoms with Gasteiger partial charge in [0.1, 0.15) is 34.9 Å². The summed E-state index contributed by atoms with van der Waals surface area (Å²) in [5.41, 5.74) is 7.51. The van der Waals surface area contributed by atoms with Crippen molar-refractivity contribution in [3.05, 3.63) is 135 Å². The Morgan fingerprint density at radius 3 is 1.58 bits per heavy atom. The molecule has 12 heteroatoms. The second-order valence-corrected chi connectivity index (χ2v) is 31.2. The maximum Gasteiger partial charge on any atom is 0.275 e. The number of allylic oxidation sites excluding steroid dienone is 2. The zero-order valence-electron chi connectivity index (χ0n) is 56.4. The Morgan fingerprint density at radius 1 is 0.648 bits per heavy atom. The fourth-order valence-electron chi connectivity index (χ4n) is 13.4. The number of aromatic nitrogens is 3. The van der Waals surface area contributed by atoms with E-state index in [1.165, 1.54) is 12.8 Å². The van der Waals surface area contributed by atoms with Crippen molar-refractivity contribution < 1.29 is 9.47 Å². The van der Waals surface area contributed by atoms with Crippen LogP contribution in [0, 0.1) is 90.6 Å². The summed E-state index contributed by atoms with van der Waals surface area (Å²) in [5.74, 6) is 4.33. The lowest BCUT2D eigenvalue weighted by Gasteiger charge is -2.31. The van der Waals surface area contributed by atoms with Crippen LogP contribution in [0.5, 0.6) is 11.5 Å². The first kappa shape index (κ1) is 70.6. The molecule has 0 saturated heterocycles. The minimum Gasteiger partial charge on any atom is -0.493 e. The van der Waals surface area contributed by atoms with Gasteiger partial charge in [0.25, 0.3) is 7.41 Å². The SMILES string of the molecule is C/C(=C(/C#N)c1cnc2cc(Cl)c(Cl)cc2n1)c1c(-c2ccc(OCC(CCC(C)CC(C)(C)C)C(C)CC(C)(C)C)cc2)n(Bc2ccccc2)c(=C(/C#N)C(=N)C=N)/c1=C(/C)c1ccc(OCC(CCC(C)CC(C)(C)C)C(C)CC(C)(C)C)cc1. The van der Waals surface area contributed by atoms with Crippen molar-refractivity contribution >= 4 is 81.3 Å². The number of nitriles is 2. The van der Waals surface area contributed by atoms with E-state index in [2.05, 4.69) is 152 Å². The number of nitrogens with zero attached hydrogens (tertiary/aromatic N) is 5. The van der Waals surface area contributed by atoms with Gasteiger partial charge in [-0.2, -0.15) is 10.5 Å². The summed E-state index contributed by atoms with van der Waals surface area (Å²) in [5, 5.41) is 42.3. The van der Waals surface area contributed by atoms with Crippen LogP contribution in [0.25, 0.3) is 44.6 Å². The summed E-state index contributed by atoms with van der Waals surface area (Å²) in [6.07, 6.45) is 11.5. The third-order valence-corrected chi connectivity index (χ3v) is 17.8. The van der Waals surface area contributed by atoms with Crippen molar-refractivity contribution in [3.8, 4) is 34.9 Å². The van der Waals surface area contributed by atoms with Gasteiger partial charge in [0.15, 0.2) is 0 Å². The van der Waals surface area contributed by atoms with Gasteiger partial charge < -0.3 is 19.4 Å². The topological polar surface area (TPSA) is 144 Å². The van der Waals surface area contributed by atoms with E-state index in [-0.39, 0.29) is 45.9 Å². The van der Waals surface area contributed by atoms with Gasteiger partial charge in [-0.15, -0.1) is 0 Å². The molecule has 88 heavy (non-hydrogen) atoms. The average Bonchev–Trinajstić information content (AvgIpc) is 1.58. The average molecular weight is 1230 g/mol. The molecule has 2 N–H and O–H groups in total. The molecule has 0 spiro atoms. The van der Waals surface area contributed by atoms with E-state index in [1.807, 2.05) is 68.4 Å². The predicted octanol–water partition coefficient (Wildman–Crippen LogP) is 18.8. The first-order valence-electron chi connectivity index (χ1n) is 31.9. The molecule has 6 unspecified atom stereocenters. The Bertz CT molecular complexity index is 3620. The van der Waals surface area contributed by atoms with Crippen molar-refractivity contribution in [1.82, 2.24) is 14.4 Å². The molecule has 0 aliphatic heterocycles. The van der Waals surface area contributed by atoms with E-state index in [9.17, 15) is 15.9 Å². The highest BCUT2D eigenvalue weighted by atomic mass is 35.5. The van der Waals surface area contributed by atoms with Gasteiger partial charge in [-0.1, -0.05) is 195 Å². The highest BCUT2D eigenvalue weighted by Crippen LogP contribution is 2.39. The zero-order chi connectivity index (χ0) is 65.1. The molecule has 0 radical (unpaired) electrons. The number of hydrogen-bond acceptors (Lipinski definition) is 8. The summed E-state index contributed by atoms with van der Waals surface area (Å²) in [6, 6.07) is 34.6. The molecule has 0 aliphatic carbocycles. The molecule has 0 aliphatic rings. The summed E-state index contributed by atoms with van der Waals surface area (Å²) >= 11 is 13.0. The molecule has 4 aromatic carbocycles. The minimum absolute atomic E-state index is 0.00971. The Balaban J connectivity index is 1.61. The molecular weight excluding hydrogens is 1120 g/mol. The quantitative estimate of drug-likeness (QED) is 0.0314.